The molecule has 0 amide bonds. The number of aromatic nitrogens is 1. The number of nitrogens with two attached hydrogens (primary N) is 1. The van der Waals surface area contributed by atoms with Crippen LogP contribution in [-0.2, 0) is 12.8 Å². The summed E-state index contributed by atoms with van der Waals surface area (Å²) in [7, 11) is 0. The lowest BCUT2D eigenvalue weighted by Gasteiger charge is -2.10. The van der Waals surface area contributed by atoms with Crippen LogP contribution in [0.15, 0.2) is 42.5 Å². The third kappa shape index (κ3) is 4.37. The summed E-state index contributed by atoms with van der Waals surface area (Å²) in [5, 5.41) is 2.88. The van der Waals surface area contributed by atoms with Gasteiger partial charge < -0.3 is 10.4 Å². The SMILES string of the molecule is Cl.Clc1ccc2[nH]c3c(c2c1)CCCC3.NNc1ccc(Cl)cc1. The van der Waals surface area contributed by atoms with Crippen molar-refractivity contribution in [3.8, 4) is 0 Å². The summed E-state index contributed by atoms with van der Waals surface area (Å²) in [6.45, 7) is 0. The van der Waals surface area contributed by atoms with Crippen molar-refractivity contribution in [2.45, 2.75) is 25.7 Å². The number of hydrazine groups is 1. The lowest BCUT2D eigenvalue weighted by atomic mass is 9.96. The van der Waals surface area contributed by atoms with E-state index in [4.69, 9.17) is 29.0 Å². The van der Waals surface area contributed by atoms with E-state index < -0.39 is 0 Å². The lowest BCUT2D eigenvalue weighted by molar-refractivity contribution is 0.680. The van der Waals surface area contributed by atoms with Crippen molar-refractivity contribution in [2.75, 3.05) is 5.43 Å². The van der Waals surface area contributed by atoms with Crippen LogP contribution in [0.4, 0.5) is 5.69 Å². The average molecular weight is 385 g/mol. The van der Waals surface area contributed by atoms with E-state index in [0.29, 0.717) is 5.02 Å². The predicted octanol–water partition coefficient (Wildman–Crippen LogP) is 5.75. The minimum absolute atomic E-state index is 0. The zero-order valence-corrected chi connectivity index (χ0v) is 15.4. The molecule has 1 aromatic heterocycles. The van der Waals surface area contributed by atoms with Crippen LogP contribution in [0.2, 0.25) is 10.0 Å². The smallest absolute Gasteiger partial charge is 0.0486 e. The van der Waals surface area contributed by atoms with E-state index >= 15 is 0 Å². The Morgan fingerprint density at radius 2 is 1.58 bits per heavy atom. The first-order valence-corrected chi connectivity index (χ1v) is 8.44. The number of aryl methyl sites for hydroxylation is 2. The van der Waals surface area contributed by atoms with Crippen molar-refractivity contribution in [1.29, 1.82) is 0 Å². The molecule has 3 aromatic rings. The second kappa shape index (κ2) is 8.63. The molecule has 0 unspecified atom stereocenters. The number of fused-ring (bicyclic) bond motifs is 3. The van der Waals surface area contributed by atoms with Crippen LogP contribution in [0.25, 0.3) is 10.9 Å². The monoisotopic (exact) mass is 383 g/mol. The zero-order chi connectivity index (χ0) is 16.2. The quantitative estimate of drug-likeness (QED) is 0.370. The maximum Gasteiger partial charge on any atom is 0.0486 e. The highest BCUT2D eigenvalue weighted by Crippen LogP contribution is 2.30. The molecular weight excluding hydrogens is 365 g/mol. The van der Waals surface area contributed by atoms with Crippen molar-refractivity contribution in [1.82, 2.24) is 4.98 Å². The Balaban J connectivity index is 0.000000183. The summed E-state index contributed by atoms with van der Waals surface area (Å²) in [6, 6.07) is 13.3. The Bertz CT molecular complexity index is 797. The Morgan fingerprint density at radius 1 is 0.917 bits per heavy atom. The van der Waals surface area contributed by atoms with Gasteiger partial charge in [0.15, 0.2) is 0 Å². The number of nitrogen functional groups attached to an aromatic ring is 1. The first kappa shape index (κ1) is 18.9. The van der Waals surface area contributed by atoms with Gasteiger partial charge >= 0.3 is 0 Å². The molecular formula is C18H20Cl3N3. The molecule has 1 aliphatic rings. The number of halogens is 3. The molecule has 0 fully saturated rings. The van der Waals surface area contributed by atoms with Crippen LogP contribution in [-0.4, -0.2) is 4.98 Å². The summed E-state index contributed by atoms with van der Waals surface area (Å²) in [6.07, 6.45) is 5.03. The Labute approximate surface area is 157 Å². The van der Waals surface area contributed by atoms with Gasteiger partial charge in [0.2, 0.25) is 0 Å². The molecule has 2 aromatic carbocycles. The number of hydrogen-bond donors (Lipinski definition) is 3. The highest BCUT2D eigenvalue weighted by molar-refractivity contribution is 6.31. The molecule has 4 rings (SSSR count). The van der Waals surface area contributed by atoms with Crippen molar-refractivity contribution >= 4 is 52.2 Å². The van der Waals surface area contributed by atoms with E-state index in [1.165, 1.54) is 47.8 Å². The molecule has 0 aliphatic heterocycles. The van der Waals surface area contributed by atoms with Crippen LogP contribution in [0, 0.1) is 0 Å². The fourth-order valence-corrected chi connectivity index (χ4v) is 3.22. The highest BCUT2D eigenvalue weighted by atomic mass is 35.5. The van der Waals surface area contributed by atoms with Gasteiger partial charge in [0.25, 0.3) is 0 Å². The first-order valence-electron chi connectivity index (χ1n) is 7.68. The van der Waals surface area contributed by atoms with E-state index in [1.54, 1.807) is 12.1 Å². The van der Waals surface area contributed by atoms with E-state index in [1.807, 2.05) is 18.2 Å². The van der Waals surface area contributed by atoms with E-state index in [2.05, 4.69) is 22.5 Å². The largest absolute Gasteiger partial charge is 0.358 e. The normalized spacial score (nSPS) is 12.6. The topological polar surface area (TPSA) is 53.8 Å². The van der Waals surface area contributed by atoms with Crippen LogP contribution in [0.3, 0.4) is 0 Å². The summed E-state index contributed by atoms with van der Waals surface area (Å²) in [5.41, 5.74) is 7.51. The summed E-state index contributed by atoms with van der Waals surface area (Å²) in [4.78, 5) is 3.48. The fraction of sp³-hybridized carbons (Fsp3) is 0.222. The molecule has 1 aliphatic carbocycles. The molecule has 0 spiro atoms. The molecule has 128 valence electrons. The third-order valence-electron chi connectivity index (χ3n) is 4.07. The first-order chi connectivity index (χ1) is 11.2. The number of hydrogen-bond acceptors (Lipinski definition) is 2. The number of anilines is 1. The maximum atomic E-state index is 6.00. The molecule has 24 heavy (non-hydrogen) atoms. The van der Waals surface area contributed by atoms with Crippen LogP contribution >= 0.6 is 35.6 Å². The average Bonchev–Trinajstić information content (AvgIpc) is 2.94. The summed E-state index contributed by atoms with van der Waals surface area (Å²) in [5.74, 6) is 5.11. The van der Waals surface area contributed by atoms with Crippen LogP contribution < -0.4 is 11.3 Å². The predicted molar refractivity (Wildman–Crippen MR) is 106 cm³/mol. The molecule has 0 saturated carbocycles. The van der Waals surface area contributed by atoms with Crippen molar-refractivity contribution in [3.05, 3.63) is 63.8 Å². The molecule has 0 radical (unpaired) electrons. The number of benzene rings is 2. The van der Waals surface area contributed by atoms with Gasteiger partial charge in [0, 0.05) is 32.3 Å². The third-order valence-corrected chi connectivity index (χ3v) is 4.56. The van der Waals surface area contributed by atoms with Gasteiger partial charge in [-0.3, -0.25) is 5.84 Å². The standard InChI is InChI=1S/C12H12ClN.C6H7ClN2.ClH/c13-8-5-6-12-10(7-8)9-3-1-2-4-11(9)14-12;7-5-1-3-6(9-8)4-2-5;/h5-7,14H,1-4H2;1-4,9H,8H2;1H. The Hall–Kier alpha value is -1.39. The van der Waals surface area contributed by atoms with Crippen LogP contribution in [0.1, 0.15) is 24.1 Å². The van der Waals surface area contributed by atoms with Gasteiger partial charge in [0.1, 0.15) is 0 Å². The Morgan fingerprint density at radius 3 is 2.29 bits per heavy atom. The molecule has 6 heteroatoms. The maximum absolute atomic E-state index is 6.00. The van der Waals surface area contributed by atoms with Crippen molar-refractivity contribution in [3.63, 3.8) is 0 Å². The van der Waals surface area contributed by atoms with Crippen LogP contribution in [0.5, 0.6) is 0 Å². The van der Waals surface area contributed by atoms with Gasteiger partial charge in [0.05, 0.1) is 0 Å². The van der Waals surface area contributed by atoms with E-state index in [-0.39, 0.29) is 12.4 Å². The number of nitrogens with one attached hydrogen (secondary N) is 2. The van der Waals surface area contributed by atoms with Gasteiger partial charge in [-0.05, 0) is 73.7 Å². The van der Waals surface area contributed by atoms with Crippen molar-refractivity contribution in [2.24, 2.45) is 5.84 Å². The molecule has 1 heterocycles. The lowest BCUT2D eigenvalue weighted by Crippen LogP contribution is -2.05. The van der Waals surface area contributed by atoms with Gasteiger partial charge in [-0.25, -0.2) is 0 Å². The number of H-pyrrole nitrogens is 1. The fourth-order valence-electron chi connectivity index (χ4n) is 2.92. The highest BCUT2D eigenvalue weighted by Gasteiger charge is 2.14. The van der Waals surface area contributed by atoms with E-state index in [9.17, 15) is 0 Å². The van der Waals surface area contributed by atoms with E-state index in [0.717, 1.165) is 10.7 Å². The second-order valence-corrected chi connectivity index (χ2v) is 6.50. The second-order valence-electron chi connectivity index (χ2n) is 5.63. The molecule has 3 nitrogen and oxygen atoms in total. The molecule has 4 N–H and O–H groups in total. The number of rotatable bonds is 1. The molecule has 0 atom stereocenters. The minimum Gasteiger partial charge on any atom is -0.358 e. The summed E-state index contributed by atoms with van der Waals surface area (Å²) >= 11 is 11.6. The Kier molecular flexibility index (Phi) is 6.81. The molecule has 0 saturated heterocycles. The summed E-state index contributed by atoms with van der Waals surface area (Å²) < 4.78 is 0. The van der Waals surface area contributed by atoms with Crippen molar-refractivity contribution < 1.29 is 0 Å². The van der Waals surface area contributed by atoms with Gasteiger partial charge in [-0.15, -0.1) is 12.4 Å². The minimum atomic E-state index is 0. The zero-order valence-electron chi connectivity index (χ0n) is 13.1. The number of aromatic amines is 1. The van der Waals surface area contributed by atoms with Gasteiger partial charge in [-0.2, -0.15) is 0 Å². The molecule has 0 bridgehead atoms. The van der Waals surface area contributed by atoms with Gasteiger partial charge in [-0.1, -0.05) is 23.2 Å².